The van der Waals surface area contributed by atoms with E-state index in [0.717, 1.165) is 0 Å². The molecule has 0 bridgehead atoms. The highest BCUT2D eigenvalue weighted by Gasteiger charge is 2.53. The van der Waals surface area contributed by atoms with Crippen LogP contribution in [-0.2, 0) is 27.1 Å². The average Bonchev–Trinajstić information content (AvgIpc) is 3.91. The Kier molecular flexibility index (Phi) is 7.87. The van der Waals surface area contributed by atoms with Gasteiger partial charge in [-0.15, -0.1) is 0 Å². The molecular formula is C63H57N. The number of nitrogens with zero attached hydrogens (tertiary/aromatic N) is 1. The van der Waals surface area contributed by atoms with E-state index in [9.17, 15) is 0 Å². The number of fused-ring (bicyclic) bond motifs is 16. The molecule has 1 spiro atoms. The molecule has 0 saturated carbocycles. The number of anilines is 3. The van der Waals surface area contributed by atoms with Gasteiger partial charge in [-0.2, -0.15) is 0 Å². The standard InChI is InChI=1S/C63H57N/c1-59(2,3)38-27-30-48-55(33-38)63(51-25-17-13-21-44(51)45-22-14-18-26-52(45)63)56-34-39(60(4,5)6)35-57(58(48)56)64(40-28-31-46-42-19-11-15-23-49(42)61(7,8)53(46)36-40)41-29-32-47-43-20-12-16-24-50(43)62(9,10)54(47)37-41/h11-37H,1-10H3. The first-order chi connectivity index (χ1) is 30.5. The number of hydrogen-bond donors (Lipinski definition) is 0. The molecule has 4 aliphatic rings. The maximum Gasteiger partial charge on any atom is 0.0726 e. The van der Waals surface area contributed by atoms with Crippen LogP contribution < -0.4 is 4.90 Å². The highest BCUT2D eigenvalue weighted by atomic mass is 15.1. The lowest BCUT2D eigenvalue weighted by Crippen LogP contribution is -2.27. The van der Waals surface area contributed by atoms with Gasteiger partial charge in [-0.05, 0) is 136 Å². The van der Waals surface area contributed by atoms with Crippen molar-refractivity contribution in [3.63, 3.8) is 0 Å². The van der Waals surface area contributed by atoms with Gasteiger partial charge in [0.05, 0.1) is 11.1 Å². The summed E-state index contributed by atoms with van der Waals surface area (Å²) < 4.78 is 0. The zero-order valence-corrected chi connectivity index (χ0v) is 39.0. The van der Waals surface area contributed by atoms with Gasteiger partial charge in [0.25, 0.3) is 0 Å². The van der Waals surface area contributed by atoms with Crippen molar-refractivity contribution in [3.05, 3.63) is 219 Å². The molecule has 0 atom stereocenters. The van der Waals surface area contributed by atoms with E-state index in [1.807, 2.05) is 0 Å². The lowest BCUT2D eigenvalue weighted by Gasteiger charge is -2.35. The van der Waals surface area contributed by atoms with Crippen LogP contribution in [0.25, 0.3) is 44.5 Å². The first-order valence-corrected chi connectivity index (χ1v) is 23.3. The third kappa shape index (κ3) is 5.07. The van der Waals surface area contributed by atoms with Crippen molar-refractivity contribution in [1.29, 1.82) is 0 Å². The Morgan fingerprint density at radius 2 is 0.719 bits per heavy atom. The Morgan fingerprint density at radius 3 is 1.19 bits per heavy atom. The average molecular weight is 828 g/mol. The van der Waals surface area contributed by atoms with Crippen molar-refractivity contribution < 1.29 is 0 Å². The van der Waals surface area contributed by atoms with Gasteiger partial charge in [-0.1, -0.05) is 203 Å². The lowest BCUT2D eigenvalue weighted by atomic mass is 9.68. The molecule has 0 amide bonds. The van der Waals surface area contributed by atoms with Crippen LogP contribution in [0, 0.1) is 0 Å². The molecule has 0 unspecified atom stereocenters. The van der Waals surface area contributed by atoms with Gasteiger partial charge in [0.15, 0.2) is 0 Å². The summed E-state index contributed by atoms with van der Waals surface area (Å²) >= 11 is 0. The quantitative estimate of drug-likeness (QED) is 0.171. The molecule has 0 heterocycles. The minimum atomic E-state index is -0.496. The second kappa shape index (κ2) is 12.9. The van der Waals surface area contributed by atoms with Crippen molar-refractivity contribution in [2.75, 3.05) is 4.90 Å². The fourth-order valence-electron chi connectivity index (χ4n) is 12.4. The molecule has 0 fully saturated rings. The first-order valence-electron chi connectivity index (χ1n) is 23.3. The zero-order chi connectivity index (χ0) is 44.3. The second-order valence-corrected chi connectivity index (χ2v) is 22.2. The van der Waals surface area contributed by atoms with Gasteiger partial charge in [-0.3, -0.25) is 0 Å². The molecule has 0 aliphatic heterocycles. The molecule has 64 heavy (non-hydrogen) atoms. The van der Waals surface area contributed by atoms with Crippen LogP contribution in [0.3, 0.4) is 0 Å². The summed E-state index contributed by atoms with van der Waals surface area (Å²) in [4.78, 5) is 2.64. The van der Waals surface area contributed by atoms with Gasteiger partial charge in [0, 0.05) is 27.8 Å². The summed E-state index contributed by atoms with van der Waals surface area (Å²) in [5, 5.41) is 0. The third-order valence-electron chi connectivity index (χ3n) is 15.8. The zero-order valence-electron chi connectivity index (χ0n) is 39.0. The SMILES string of the molecule is CC(C)(C)c1ccc2c(c1)C1(c3ccccc3-c3ccccc31)c1cc(C(C)(C)C)cc(N(c3ccc4c(c3)C(C)(C)c3ccccc3-4)c3ccc4c(c3)C(C)(C)c3ccccc3-4)c1-2. The second-order valence-electron chi connectivity index (χ2n) is 22.2. The Hall–Kier alpha value is -6.44. The monoisotopic (exact) mass is 827 g/mol. The van der Waals surface area contributed by atoms with Gasteiger partial charge < -0.3 is 4.90 Å². The van der Waals surface area contributed by atoms with Crippen LogP contribution in [-0.4, -0.2) is 0 Å². The predicted octanol–water partition coefficient (Wildman–Crippen LogP) is 16.7. The smallest absolute Gasteiger partial charge is 0.0726 e. The van der Waals surface area contributed by atoms with Crippen LogP contribution in [0.15, 0.2) is 164 Å². The highest BCUT2D eigenvalue weighted by molar-refractivity contribution is 6.02. The summed E-state index contributed by atoms with van der Waals surface area (Å²) in [6.07, 6.45) is 0. The Morgan fingerprint density at radius 1 is 0.328 bits per heavy atom. The van der Waals surface area contributed by atoms with Crippen LogP contribution in [0.5, 0.6) is 0 Å². The van der Waals surface area contributed by atoms with Crippen LogP contribution >= 0.6 is 0 Å². The van der Waals surface area contributed by atoms with Gasteiger partial charge >= 0.3 is 0 Å². The maximum absolute atomic E-state index is 2.64. The minimum absolute atomic E-state index is 0.0301. The van der Waals surface area contributed by atoms with Gasteiger partial charge in [0.2, 0.25) is 0 Å². The normalized spacial score (nSPS) is 16.0. The van der Waals surface area contributed by atoms with E-state index >= 15 is 0 Å². The molecule has 1 heteroatoms. The fraction of sp³-hybridized carbons (Fsp3) is 0.238. The molecule has 8 aromatic rings. The van der Waals surface area contributed by atoms with Crippen molar-refractivity contribution >= 4 is 17.1 Å². The number of benzene rings is 8. The molecule has 314 valence electrons. The van der Waals surface area contributed by atoms with E-state index in [2.05, 4.69) is 238 Å². The summed E-state index contributed by atoms with van der Waals surface area (Å²) in [5.41, 5.74) is 27.0. The summed E-state index contributed by atoms with van der Waals surface area (Å²) in [6, 6.07) is 63.8. The maximum atomic E-state index is 2.64. The minimum Gasteiger partial charge on any atom is -0.310 e. The Bertz CT molecular complexity index is 3150. The number of rotatable bonds is 3. The topological polar surface area (TPSA) is 3.24 Å². The van der Waals surface area contributed by atoms with E-state index in [4.69, 9.17) is 0 Å². The summed E-state index contributed by atoms with van der Waals surface area (Å²) in [6.45, 7) is 23.8. The molecule has 0 saturated heterocycles. The van der Waals surface area contributed by atoms with Gasteiger partial charge in [0.1, 0.15) is 0 Å². The number of hydrogen-bond acceptors (Lipinski definition) is 1. The van der Waals surface area contributed by atoms with E-state index in [1.54, 1.807) is 0 Å². The largest absolute Gasteiger partial charge is 0.310 e. The summed E-state index contributed by atoms with van der Waals surface area (Å²) in [5.74, 6) is 0. The van der Waals surface area contributed by atoms with E-state index < -0.39 is 5.41 Å². The van der Waals surface area contributed by atoms with E-state index in [1.165, 1.54) is 117 Å². The third-order valence-corrected chi connectivity index (χ3v) is 15.8. The van der Waals surface area contributed by atoms with E-state index in [-0.39, 0.29) is 21.7 Å². The molecule has 0 radical (unpaired) electrons. The molecule has 12 rings (SSSR count). The van der Waals surface area contributed by atoms with Crippen molar-refractivity contribution in [2.45, 2.75) is 96.3 Å². The molecule has 0 N–H and O–H groups in total. The molecule has 1 nitrogen and oxygen atoms in total. The van der Waals surface area contributed by atoms with E-state index in [0.29, 0.717) is 0 Å². The van der Waals surface area contributed by atoms with Crippen molar-refractivity contribution in [1.82, 2.24) is 0 Å². The Balaban J connectivity index is 1.22. The molecular weight excluding hydrogens is 771 g/mol. The van der Waals surface area contributed by atoms with Crippen molar-refractivity contribution in [2.24, 2.45) is 0 Å². The lowest BCUT2D eigenvalue weighted by molar-refractivity contribution is 0.586. The van der Waals surface area contributed by atoms with Crippen molar-refractivity contribution in [3.8, 4) is 44.5 Å². The highest BCUT2D eigenvalue weighted by Crippen LogP contribution is 2.66. The molecule has 0 aromatic heterocycles. The molecule has 4 aliphatic carbocycles. The Labute approximate surface area is 380 Å². The van der Waals surface area contributed by atoms with Gasteiger partial charge in [-0.25, -0.2) is 0 Å². The predicted molar refractivity (Wildman–Crippen MR) is 270 cm³/mol. The first kappa shape index (κ1) is 39.2. The van der Waals surface area contributed by atoms with Crippen LogP contribution in [0.2, 0.25) is 0 Å². The fourth-order valence-corrected chi connectivity index (χ4v) is 12.4. The summed E-state index contributed by atoms with van der Waals surface area (Å²) in [7, 11) is 0. The molecule has 8 aromatic carbocycles. The van der Waals surface area contributed by atoms with Crippen LogP contribution in [0.4, 0.5) is 17.1 Å². The van der Waals surface area contributed by atoms with Crippen LogP contribution in [0.1, 0.15) is 125 Å².